The van der Waals surface area contributed by atoms with Crippen LogP contribution in [0.25, 0.3) is 0 Å². The predicted molar refractivity (Wildman–Crippen MR) is 66.8 cm³/mol. The van der Waals surface area contributed by atoms with E-state index in [2.05, 4.69) is 5.32 Å². The van der Waals surface area contributed by atoms with E-state index in [1.165, 1.54) is 0 Å². The van der Waals surface area contributed by atoms with E-state index in [9.17, 15) is 9.59 Å². The third-order valence-electron chi connectivity index (χ3n) is 3.62. The molecular weight excluding hydrogens is 242 g/mol. The highest BCUT2D eigenvalue weighted by atomic mass is 35.5. The maximum atomic E-state index is 12.0. The second-order valence-electron chi connectivity index (χ2n) is 5.01. The maximum absolute atomic E-state index is 12.0. The summed E-state index contributed by atoms with van der Waals surface area (Å²) in [6, 6.07) is -0.0639. The van der Waals surface area contributed by atoms with Gasteiger partial charge in [-0.3, -0.25) is 9.59 Å². The monoisotopic (exact) mass is 261 g/mol. The van der Waals surface area contributed by atoms with Gasteiger partial charge in [0, 0.05) is 20.0 Å². The van der Waals surface area contributed by atoms with Crippen molar-refractivity contribution in [1.82, 2.24) is 10.2 Å². The Balaban J connectivity index is 0.00000144. The topological polar surface area (TPSA) is 75.4 Å². The van der Waals surface area contributed by atoms with Gasteiger partial charge in [-0.2, -0.15) is 0 Å². The fourth-order valence-electron chi connectivity index (χ4n) is 2.52. The molecule has 1 aliphatic carbocycles. The summed E-state index contributed by atoms with van der Waals surface area (Å²) in [5, 5.41) is 2.90. The maximum Gasteiger partial charge on any atom is 0.240 e. The number of carbonyl (C=O) groups is 2. The quantitative estimate of drug-likeness (QED) is 0.736. The smallest absolute Gasteiger partial charge is 0.240 e. The molecule has 1 aliphatic heterocycles. The molecule has 0 bridgehead atoms. The molecule has 0 aromatic heterocycles. The van der Waals surface area contributed by atoms with Crippen LogP contribution in [0.4, 0.5) is 0 Å². The number of hydrogen-bond acceptors (Lipinski definition) is 3. The molecule has 5 nitrogen and oxygen atoms in total. The summed E-state index contributed by atoms with van der Waals surface area (Å²) in [4.78, 5) is 24.9. The lowest BCUT2D eigenvalue weighted by atomic mass is 9.97. The molecule has 2 fully saturated rings. The van der Waals surface area contributed by atoms with Crippen LogP contribution in [0.2, 0.25) is 0 Å². The Kier molecular flexibility index (Phi) is 4.38. The number of nitrogens with two attached hydrogens (primary N) is 1. The van der Waals surface area contributed by atoms with Gasteiger partial charge in [0.15, 0.2) is 0 Å². The van der Waals surface area contributed by atoms with Gasteiger partial charge in [0.05, 0.1) is 11.6 Å². The second-order valence-corrected chi connectivity index (χ2v) is 5.01. The molecule has 2 aliphatic rings. The molecule has 17 heavy (non-hydrogen) atoms. The van der Waals surface area contributed by atoms with E-state index in [-0.39, 0.29) is 30.3 Å². The molecule has 1 unspecified atom stereocenters. The largest absolute Gasteiger partial charge is 0.349 e. The van der Waals surface area contributed by atoms with Gasteiger partial charge >= 0.3 is 0 Å². The van der Waals surface area contributed by atoms with Crippen molar-refractivity contribution in [2.24, 2.45) is 5.73 Å². The number of carbonyl (C=O) groups excluding carboxylic acids is 2. The number of hydrogen-bond donors (Lipinski definition) is 2. The van der Waals surface area contributed by atoms with Crippen LogP contribution in [0, 0.1) is 0 Å². The standard InChI is InChI=1S/C11H19N3O2.ClH/c1-14-7-8(6-9(14)15)13-10(16)11(12)4-2-3-5-11;/h8H,2-7,12H2,1H3,(H,13,16);1H. The van der Waals surface area contributed by atoms with Crippen molar-refractivity contribution in [3.63, 3.8) is 0 Å². The number of likely N-dealkylation sites (N-methyl/N-ethyl adjacent to an activating group) is 1. The van der Waals surface area contributed by atoms with Gasteiger partial charge in [-0.05, 0) is 12.8 Å². The van der Waals surface area contributed by atoms with E-state index in [0.29, 0.717) is 13.0 Å². The van der Waals surface area contributed by atoms with E-state index >= 15 is 0 Å². The zero-order valence-corrected chi connectivity index (χ0v) is 10.9. The fraction of sp³-hybridized carbons (Fsp3) is 0.818. The summed E-state index contributed by atoms with van der Waals surface area (Å²) in [5.41, 5.74) is 5.35. The van der Waals surface area contributed by atoms with Crippen LogP contribution < -0.4 is 11.1 Å². The second kappa shape index (κ2) is 5.23. The molecular formula is C11H20ClN3O2. The Morgan fingerprint density at radius 1 is 1.47 bits per heavy atom. The minimum absolute atomic E-state index is 0. The summed E-state index contributed by atoms with van der Waals surface area (Å²) in [6.45, 7) is 0.598. The van der Waals surface area contributed by atoms with E-state index in [4.69, 9.17) is 5.73 Å². The van der Waals surface area contributed by atoms with Crippen molar-refractivity contribution in [2.45, 2.75) is 43.7 Å². The summed E-state index contributed by atoms with van der Waals surface area (Å²) >= 11 is 0. The van der Waals surface area contributed by atoms with Crippen molar-refractivity contribution >= 4 is 24.2 Å². The molecule has 1 atom stereocenters. The molecule has 0 spiro atoms. The predicted octanol–water partition coefficient (Wildman–Crippen LogP) is 0.0266. The van der Waals surface area contributed by atoms with Crippen molar-refractivity contribution in [2.75, 3.05) is 13.6 Å². The highest BCUT2D eigenvalue weighted by molar-refractivity contribution is 5.88. The molecule has 0 aromatic carbocycles. The third-order valence-corrected chi connectivity index (χ3v) is 3.62. The Hall–Kier alpha value is -0.810. The van der Waals surface area contributed by atoms with Crippen molar-refractivity contribution < 1.29 is 9.59 Å². The third kappa shape index (κ3) is 2.90. The number of likely N-dealkylation sites (tertiary alicyclic amines) is 1. The van der Waals surface area contributed by atoms with Gasteiger partial charge in [0.2, 0.25) is 11.8 Å². The average molecular weight is 262 g/mol. The molecule has 1 saturated carbocycles. The Bertz CT molecular complexity index is 316. The lowest BCUT2D eigenvalue weighted by molar-refractivity contribution is -0.126. The number of nitrogens with zero attached hydrogens (tertiary/aromatic N) is 1. The molecule has 1 saturated heterocycles. The zero-order chi connectivity index (χ0) is 11.8. The van der Waals surface area contributed by atoms with Crippen molar-refractivity contribution in [1.29, 1.82) is 0 Å². The van der Waals surface area contributed by atoms with E-state index in [1.807, 2.05) is 0 Å². The highest BCUT2D eigenvalue weighted by Crippen LogP contribution is 2.27. The van der Waals surface area contributed by atoms with Crippen molar-refractivity contribution in [3.05, 3.63) is 0 Å². The first-order chi connectivity index (χ1) is 7.51. The summed E-state index contributed by atoms with van der Waals surface area (Å²) < 4.78 is 0. The molecule has 2 amide bonds. The van der Waals surface area contributed by atoms with Crippen LogP contribution in [0.1, 0.15) is 32.1 Å². The Morgan fingerprint density at radius 2 is 2.06 bits per heavy atom. The minimum atomic E-state index is -0.690. The summed E-state index contributed by atoms with van der Waals surface area (Å²) in [6.07, 6.45) is 3.96. The first-order valence-corrected chi connectivity index (χ1v) is 5.85. The lowest BCUT2D eigenvalue weighted by Crippen LogP contribution is -2.54. The molecule has 6 heteroatoms. The molecule has 1 heterocycles. The van der Waals surface area contributed by atoms with E-state index in [0.717, 1.165) is 25.7 Å². The fourth-order valence-corrected chi connectivity index (χ4v) is 2.52. The van der Waals surface area contributed by atoms with Gasteiger partial charge in [-0.25, -0.2) is 0 Å². The van der Waals surface area contributed by atoms with Crippen LogP contribution in [-0.4, -0.2) is 41.9 Å². The number of halogens is 1. The average Bonchev–Trinajstić information content (AvgIpc) is 2.76. The summed E-state index contributed by atoms with van der Waals surface area (Å²) in [5.74, 6) is 0.000827. The lowest BCUT2D eigenvalue weighted by Gasteiger charge is -2.24. The van der Waals surface area contributed by atoms with E-state index in [1.54, 1.807) is 11.9 Å². The van der Waals surface area contributed by atoms with Crippen LogP contribution >= 0.6 is 12.4 Å². The minimum Gasteiger partial charge on any atom is -0.349 e. The van der Waals surface area contributed by atoms with Crippen LogP contribution in [-0.2, 0) is 9.59 Å². The highest BCUT2D eigenvalue weighted by Gasteiger charge is 2.39. The summed E-state index contributed by atoms with van der Waals surface area (Å²) in [7, 11) is 1.75. The van der Waals surface area contributed by atoms with Crippen LogP contribution in [0.15, 0.2) is 0 Å². The number of rotatable bonds is 2. The van der Waals surface area contributed by atoms with Gasteiger partial charge in [0.25, 0.3) is 0 Å². The normalized spacial score (nSPS) is 26.8. The zero-order valence-electron chi connectivity index (χ0n) is 10.1. The molecule has 3 N–H and O–H groups in total. The molecule has 98 valence electrons. The van der Waals surface area contributed by atoms with Crippen LogP contribution in [0.3, 0.4) is 0 Å². The Labute approximate surface area is 108 Å². The van der Waals surface area contributed by atoms with Crippen LogP contribution in [0.5, 0.6) is 0 Å². The van der Waals surface area contributed by atoms with Gasteiger partial charge in [0.1, 0.15) is 0 Å². The first-order valence-electron chi connectivity index (χ1n) is 5.85. The van der Waals surface area contributed by atoms with Gasteiger partial charge in [-0.15, -0.1) is 12.4 Å². The molecule has 0 radical (unpaired) electrons. The van der Waals surface area contributed by atoms with Crippen molar-refractivity contribution in [3.8, 4) is 0 Å². The molecule has 0 aromatic rings. The number of nitrogens with one attached hydrogen (secondary N) is 1. The van der Waals surface area contributed by atoms with E-state index < -0.39 is 5.54 Å². The van der Waals surface area contributed by atoms with Gasteiger partial charge in [-0.1, -0.05) is 12.8 Å². The van der Waals surface area contributed by atoms with Gasteiger partial charge < -0.3 is 16.0 Å². The molecule has 2 rings (SSSR count). The Morgan fingerprint density at radius 3 is 2.53 bits per heavy atom. The first kappa shape index (κ1) is 14.3. The number of amides is 2. The SMILES string of the molecule is CN1CC(NC(=O)C2(N)CCCC2)CC1=O.Cl.